The Balaban J connectivity index is 2.61. The lowest BCUT2D eigenvalue weighted by molar-refractivity contribution is -0.137. The lowest BCUT2D eigenvalue weighted by Gasteiger charge is -2.14. The van der Waals surface area contributed by atoms with Gasteiger partial charge in [-0.15, -0.1) is 0 Å². The fourth-order valence-corrected chi connectivity index (χ4v) is 2.36. The standard InChI is InChI=1S/C13H16O3S/c1-10(14)17-8-7-12(9-13(15)16)11-5-3-2-4-6-11/h2-6,12H,7-9H2,1H3,(H,15,16). The molecule has 0 fully saturated rings. The second kappa shape index (κ2) is 7.12. The van der Waals surface area contributed by atoms with Gasteiger partial charge in [0.1, 0.15) is 0 Å². The van der Waals surface area contributed by atoms with Gasteiger partial charge < -0.3 is 5.11 Å². The van der Waals surface area contributed by atoms with Gasteiger partial charge in [0.25, 0.3) is 0 Å². The molecule has 0 aliphatic rings. The Morgan fingerprint density at radius 1 is 1.29 bits per heavy atom. The molecule has 3 nitrogen and oxygen atoms in total. The molecule has 0 saturated carbocycles. The van der Waals surface area contributed by atoms with Crippen LogP contribution in [0, 0.1) is 0 Å². The van der Waals surface area contributed by atoms with Crippen molar-refractivity contribution in [1.82, 2.24) is 0 Å². The van der Waals surface area contributed by atoms with E-state index in [0.717, 1.165) is 5.56 Å². The summed E-state index contributed by atoms with van der Waals surface area (Å²) in [4.78, 5) is 21.6. The minimum absolute atomic E-state index is 0.0134. The van der Waals surface area contributed by atoms with Crippen LogP contribution in [0.3, 0.4) is 0 Å². The normalized spacial score (nSPS) is 12.1. The van der Waals surface area contributed by atoms with E-state index in [-0.39, 0.29) is 17.5 Å². The van der Waals surface area contributed by atoms with Crippen LogP contribution in [-0.2, 0) is 9.59 Å². The lowest BCUT2D eigenvalue weighted by atomic mass is 9.93. The molecule has 1 N–H and O–H groups in total. The first kappa shape index (κ1) is 13.8. The molecular formula is C13H16O3S. The van der Waals surface area contributed by atoms with Crippen molar-refractivity contribution in [2.45, 2.75) is 25.7 Å². The maximum absolute atomic E-state index is 10.8. The second-order valence-corrected chi connectivity index (χ2v) is 5.11. The topological polar surface area (TPSA) is 54.4 Å². The fourth-order valence-electron chi connectivity index (χ4n) is 1.67. The summed E-state index contributed by atoms with van der Waals surface area (Å²) in [6, 6.07) is 9.59. The van der Waals surface area contributed by atoms with Gasteiger partial charge in [0.2, 0.25) is 0 Å². The Bertz CT molecular complexity index is 376. The zero-order valence-corrected chi connectivity index (χ0v) is 10.6. The van der Waals surface area contributed by atoms with Crippen molar-refractivity contribution in [3.63, 3.8) is 0 Å². The number of carboxylic acids is 1. The highest BCUT2D eigenvalue weighted by Gasteiger charge is 2.15. The molecule has 4 heteroatoms. The van der Waals surface area contributed by atoms with Crippen LogP contribution in [0.1, 0.15) is 31.2 Å². The Kier molecular flexibility index (Phi) is 5.77. The van der Waals surface area contributed by atoms with E-state index in [0.29, 0.717) is 12.2 Å². The third-order valence-electron chi connectivity index (χ3n) is 2.46. The van der Waals surface area contributed by atoms with Crippen molar-refractivity contribution in [2.24, 2.45) is 0 Å². The van der Waals surface area contributed by atoms with Crippen LogP contribution < -0.4 is 0 Å². The van der Waals surface area contributed by atoms with E-state index < -0.39 is 5.97 Å². The van der Waals surface area contributed by atoms with E-state index in [4.69, 9.17) is 5.11 Å². The molecular weight excluding hydrogens is 236 g/mol. The summed E-state index contributed by atoms with van der Waals surface area (Å²) in [6.45, 7) is 1.53. The Morgan fingerprint density at radius 2 is 1.94 bits per heavy atom. The van der Waals surface area contributed by atoms with Crippen LogP contribution in [0.4, 0.5) is 0 Å². The number of benzene rings is 1. The summed E-state index contributed by atoms with van der Waals surface area (Å²) in [5.74, 6) is -0.144. The van der Waals surface area contributed by atoms with Gasteiger partial charge in [-0.2, -0.15) is 0 Å². The van der Waals surface area contributed by atoms with Gasteiger partial charge in [-0.3, -0.25) is 9.59 Å². The smallest absolute Gasteiger partial charge is 0.303 e. The second-order valence-electron chi connectivity index (χ2n) is 3.83. The molecule has 0 aromatic heterocycles. The van der Waals surface area contributed by atoms with Crippen molar-refractivity contribution in [2.75, 3.05) is 5.75 Å². The molecule has 0 aliphatic carbocycles. The van der Waals surface area contributed by atoms with E-state index in [2.05, 4.69) is 0 Å². The Labute approximate surface area is 105 Å². The molecule has 1 rings (SSSR count). The van der Waals surface area contributed by atoms with E-state index >= 15 is 0 Å². The monoisotopic (exact) mass is 252 g/mol. The maximum Gasteiger partial charge on any atom is 0.303 e. The van der Waals surface area contributed by atoms with Gasteiger partial charge in [0.15, 0.2) is 5.12 Å². The number of carbonyl (C=O) groups excluding carboxylic acids is 1. The van der Waals surface area contributed by atoms with Gasteiger partial charge >= 0.3 is 5.97 Å². The predicted molar refractivity (Wildman–Crippen MR) is 69.2 cm³/mol. The maximum atomic E-state index is 10.8. The van der Waals surface area contributed by atoms with Crippen molar-refractivity contribution < 1.29 is 14.7 Å². The van der Waals surface area contributed by atoms with Gasteiger partial charge in [0, 0.05) is 12.7 Å². The van der Waals surface area contributed by atoms with Gasteiger partial charge in [-0.05, 0) is 17.9 Å². The quantitative estimate of drug-likeness (QED) is 0.845. The highest BCUT2D eigenvalue weighted by atomic mass is 32.2. The summed E-state index contributed by atoms with van der Waals surface area (Å²) in [5.41, 5.74) is 1.03. The lowest BCUT2D eigenvalue weighted by Crippen LogP contribution is -2.07. The highest BCUT2D eigenvalue weighted by molar-refractivity contribution is 8.13. The van der Waals surface area contributed by atoms with Crippen molar-refractivity contribution in [3.05, 3.63) is 35.9 Å². The van der Waals surface area contributed by atoms with Gasteiger partial charge in [-0.1, -0.05) is 42.1 Å². The zero-order chi connectivity index (χ0) is 12.7. The third kappa shape index (κ3) is 5.54. The molecule has 17 heavy (non-hydrogen) atoms. The van der Waals surface area contributed by atoms with E-state index in [1.54, 1.807) is 0 Å². The van der Waals surface area contributed by atoms with Crippen molar-refractivity contribution in [3.8, 4) is 0 Å². The summed E-state index contributed by atoms with van der Waals surface area (Å²) in [6.07, 6.45) is 0.822. The number of rotatable bonds is 6. The predicted octanol–water partition coefficient (Wildman–Crippen LogP) is 2.91. The largest absolute Gasteiger partial charge is 0.481 e. The first-order chi connectivity index (χ1) is 8.09. The summed E-state index contributed by atoms with van der Waals surface area (Å²) in [5, 5.41) is 8.96. The molecule has 92 valence electrons. The van der Waals surface area contributed by atoms with E-state index in [1.807, 2.05) is 30.3 Å². The fraction of sp³-hybridized carbons (Fsp3) is 0.385. The first-order valence-electron chi connectivity index (χ1n) is 5.49. The Hall–Kier alpha value is -1.29. The molecule has 0 heterocycles. The molecule has 0 spiro atoms. The minimum atomic E-state index is -0.799. The molecule has 1 aromatic rings. The molecule has 0 bridgehead atoms. The zero-order valence-electron chi connectivity index (χ0n) is 9.76. The number of hydrogen-bond donors (Lipinski definition) is 1. The SMILES string of the molecule is CC(=O)SCCC(CC(=O)O)c1ccccc1. The van der Waals surface area contributed by atoms with Gasteiger partial charge in [-0.25, -0.2) is 0 Å². The van der Waals surface area contributed by atoms with E-state index in [1.165, 1.54) is 18.7 Å². The number of aliphatic carboxylic acids is 1. The average Bonchev–Trinajstić information content (AvgIpc) is 2.28. The minimum Gasteiger partial charge on any atom is -0.481 e. The average molecular weight is 252 g/mol. The molecule has 1 unspecified atom stereocenters. The molecule has 0 radical (unpaired) electrons. The molecule has 1 aromatic carbocycles. The Morgan fingerprint density at radius 3 is 2.47 bits per heavy atom. The van der Waals surface area contributed by atoms with Crippen LogP contribution in [0.5, 0.6) is 0 Å². The van der Waals surface area contributed by atoms with Crippen LogP contribution in [0.2, 0.25) is 0 Å². The number of thioether (sulfide) groups is 1. The summed E-state index contributed by atoms with van der Waals surface area (Å²) < 4.78 is 0. The third-order valence-corrected chi connectivity index (χ3v) is 3.31. The first-order valence-corrected chi connectivity index (χ1v) is 6.48. The van der Waals surface area contributed by atoms with Crippen molar-refractivity contribution >= 4 is 22.8 Å². The summed E-state index contributed by atoms with van der Waals surface area (Å²) >= 11 is 1.25. The highest BCUT2D eigenvalue weighted by Crippen LogP contribution is 2.25. The van der Waals surface area contributed by atoms with Gasteiger partial charge in [0.05, 0.1) is 6.42 Å². The molecule has 0 amide bonds. The van der Waals surface area contributed by atoms with Crippen LogP contribution in [0.25, 0.3) is 0 Å². The van der Waals surface area contributed by atoms with Crippen LogP contribution >= 0.6 is 11.8 Å². The number of carboxylic acid groups (broad SMARTS) is 1. The number of carbonyl (C=O) groups is 2. The number of hydrogen-bond acceptors (Lipinski definition) is 3. The van der Waals surface area contributed by atoms with Crippen LogP contribution in [0.15, 0.2) is 30.3 Å². The molecule has 0 saturated heterocycles. The van der Waals surface area contributed by atoms with Crippen LogP contribution in [-0.4, -0.2) is 21.9 Å². The summed E-state index contributed by atoms with van der Waals surface area (Å²) in [7, 11) is 0. The van der Waals surface area contributed by atoms with E-state index in [9.17, 15) is 9.59 Å². The molecule has 1 atom stereocenters. The van der Waals surface area contributed by atoms with Crippen molar-refractivity contribution in [1.29, 1.82) is 0 Å². The molecule has 0 aliphatic heterocycles.